The average molecular weight is 410 g/mol. The van der Waals surface area contributed by atoms with Crippen molar-refractivity contribution in [3.63, 3.8) is 0 Å². The van der Waals surface area contributed by atoms with Crippen molar-refractivity contribution in [1.82, 2.24) is 10.2 Å². The molecule has 1 saturated heterocycles. The van der Waals surface area contributed by atoms with Gasteiger partial charge in [0, 0.05) is 12.0 Å². The predicted octanol–water partition coefficient (Wildman–Crippen LogP) is 1.79. The third-order valence-electron chi connectivity index (χ3n) is 4.43. The minimum Gasteiger partial charge on any atom is -0.486 e. The fourth-order valence-electron chi connectivity index (χ4n) is 3.09. The summed E-state index contributed by atoms with van der Waals surface area (Å²) in [5, 5.41) is 8.19. The van der Waals surface area contributed by atoms with E-state index in [0.29, 0.717) is 54.2 Å². The zero-order chi connectivity index (χ0) is 18.9. The molecule has 1 atom stereocenters. The Morgan fingerprint density at radius 2 is 2.00 bits per heavy atom. The number of hydrogen-bond acceptors (Lipinski definition) is 9. The summed E-state index contributed by atoms with van der Waals surface area (Å²) < 4.78 is 39.5. The summed E-state index contributed by atoms with van der Waals surface area (Å²) in [4.78, 5) is 12.4. The van der Waals surface area contributed by atoms with Gasteiger partial charge in [-0.05, 0) is 30.5 Å². The number of sulfone groups is 1. The summed E-state index contributed by atoms with van der Waals surface area (Å²) in [5.74, 6) is 2.10. The number of thioether (sulfide) groups is 1. The van der Waals surface area contributed by atoms with Crippen molar-refractivity contribution in [1.29, 1.82) is 0 Å². The molecule has 1 fully saturated rings. The number of aromatic nitrogens is 2. The van der Waals surface area contributed by atoms with E-state index in [-0.39, 0.29) is 29.0 Å². The molecule has 0 bridgehead atoms. The van der Waals surface area contributed by atoms with Crippen LogP contribution in [0.25, 0.3) is 0 Å². The van der Waals surface area contributed by atoms with Gasteiger partial charge in [0.2, 0.25) is 5.89 Å². The maximum atomic E-state index is 12.4. The van der Waals surface area contributed by atoms with Gasteiger partial charge in [-0.25, -0.2) is 8.42 Å². The van der Waals surface area contributed by atoms with E-state index in [9.17, 15) is 13.2 Å². The SMILES string of the molecule is O=C(CSc1nnc(C[C@H]2CCS(=O)(=O)C2)o1)c1ccc2c(c1)OCCO2. The third-order valence-corrected chi connectivity index (χ3v) is 7.08. The van der Waals surface area contributed by atoms with Crippen molar-refractivity contribution in [2.24, 2.45) is 5.92 Å². The van der Waals surface area contributed by atoms with E-state index in [1.165, 1.54) is 0 Å². The molecule has 0 radical (unpaired) electrons. The van der Waals surface area contributed by atoms with Crippen molar-refractivity contribution in [2.75, 3.05) is 30.5 Å². The number of ketones is 1. The Hall–Kier alpha value is -2.07. The number of carbonyl (C=O) groups excluding carboxylic acids is 1. The van der Waals surface area contributed by atoms with Crippen LogP contribution < -0.4 is 9.47 Å². The Morgan fingerprint density at radius 3 is 2.78 bits per heavy atom. The molecule has 1 aromatic carbocycles. The highest BCUT2D eigenvalue weighted by atomic mass is 32.2. The van der Waals surface area contributed by atoms with Gasteiger partial charge < -0.3 is 13.9 Å². The Labute approximate surface area is 160 Å². The molecule has 1 aromatic heterocycles. The van der Waals surface area contributed by atoms with Gasteiger partial charge in [-0.3, -0.25) is 4.79 Å². The van der Waals surface area contributed by atoms with Gasteiger partial charge in [0.25, 0.3) is 5.22 Å². The van der Waals surface area contributed by atoms with E-state index >= 15 is 0 Å². The van der Waals surface area contributed by atoms with Gasteiger partial charge in [-0.2, -0.15) is 0 Å². The molecule has 2 aromatic rings. The van der Waals surface area contributed by atoms with Crippen LogP contribution in [-0.2, 0) is 16.3 Å². The standard InChI is InChI=1S/C17H18N2O6S2/c20-13(12-1-2-14-15(8-12)24-5-4-23-14)9-26-17-19-18-16(25-17)7-11-3-6-27(21,22)10-11/h1-2,8,11H,3-7,9-10H2/t11-/m1/s1. The highest BCUT2D eigenvalue weighted by Crippen LogP contribution is 2.31. The number of nitrogens with zero attached hydrogens (tertiary/aromatic N) is 2. The largest absolute Gasteiger partial charge is 0.486 e. The summed E-state index contributed by atoms with van der Waals surface area (Å²) in [5.41, 5.74) is 0.530. The summed E-state index contributed by atoms with van der Waals surface area (Å²) in [6.45, 7) is 0.967. The topological polar surface area (TPSA) is 109 Å². The fourth-order valence-corrected chi connectivity index (χ4v) is 5.62. The van der Waals surface area contributed by atoms with Gasteiger partial charge in [0.15, 0.2) is 27.1 Å². The van der Waals surface area contributed by atoms with Crippen LogP contribution in [0.15, 0.2) is 27.8 Å². The van der Waals surface area contributed by atoms with Gasteiger partial charge in [-0.15, -0.1) is 10.2 Å². The number of carbonyl (C=O) groups is 1. The summed E-state index contributed by atoms with van der Waals surface area (Å²) in [6.07, 6.45) is 1.07. The van der Waals surface area contributed by atoms with Gasteiger partial charge in [0.1, 0.15) is 13.2 Å². The van der Waals surface area contributed by atoms with Crippen molar-refractivity contribution >= 4 is 27.4 Å². The van der Waals surface area contributed by atoms with Crippen molar-refractivity contribution in [3.8, 4) is 11.5 Å². The Morgan fingerprint density at radius 1 is 1.19 bits per heavy atom. The molecule has 0 spiro atoms. The maximum absolute atomic E-state index is 12.4. The Kier molecular flexibility index (Phi) is 5.09. The first-order valence-corrected chi connectivity index (χ1v) is 11.4. The molecule has 4 rings (SSSR count). The monoisotopic (exact) mass is 410 g/mol. The van der Waals surface area contributed by atoms with Crippen LogP contribution in [0.1, 0.15) is 22.7 Å². The lowest BCUT2D eigenvalue weighted by Crippen LogP contribution is -2.16. The fraction of sp³-hybridized carbons (Fsp3) is 0.471. The molecule has 2 aliphatic heterocycles. The smallest absolute Gasteiger partial charge is 0.277 e. The Balaban J connectivity index is 1.32. The first-order valence-electron chi connectivity index (χ1n) is 8.57. The van der Waals surface area contributed by atoms with E-state index in [1.54, 1.807) is 18.2 Å². The van der Waals surface area contributed by atoms with Crippen molar-refractivity contribution in [3.05, 3.63) is 29.7 Å². The van der Waals surface area contributed by atoms with Crippen LogP contribution in [0, 0.1) is 5.92 Å². The molecule has 3 heterocycles. The number of hydrogen-bond donors (Lipinski definition) is 0. The first-order chi connectivity index (χ1) is 13.0. The van der Waals surface area contributed by atoms with Crippen LogP contribution in [0.2, 0.25) is 0 Å². The lowest BCUT2D eigenvalue weighted by molar-refractivity contribution is 0.102. The Bertz CT molecular complexity index is 956. The minimum absolute atomic E-state index is 0.0210. The van der Waals surface area contributed by atoms with Crippen LogP contribution in [0.5, 0.6) is 11.5 Å². The van der Waals surface area contributed by atoms with E-state index in [2.05, 4.69) is 10.2 Å². The van der Waals surface area contributed by atoms with E-state index < -0.39 is 9.84 Å². The highest BCUT2D eigenvalue weighted by molar-refractivity contribution is 7.99. The lowest BCUT2D eigenvalue weighted by Gasteiger charge is -2.18. The summed E-state index contributed by atoms with van der Waals surface area (Å²) >= 11 is 1.16. The second kappa shape index (κ2) is 7.51. The second-order valence-corrected chi connectivity index (χ2v) is 9.66. The van der Waals surface area contributed by atoms with Crippen molar-refractivity contribution < 1.29 is 27.1 Å². The summed E-state index contributed by atoms with van der Waals surface area (Å²) in [6, 6.07) is 5.11. The minimum atomic E-state index is -2.93. The molecule has 0 aliphatic carbocycles. The van der Waals surface area contributed by atoms with E-state index in [0.717, 1.165) is 11.8 Å². The number of benzene rings is 1. The molecule has 0 N–H and O–H groups in total. The predicted molar refractivity (Wildman–Crippen MR) is 97.2 cm³/mol. The normalized spacial score (nSPS) is 20.5. The molecule has 10 heteroatoms. The molecule has 0 saturated carbocycles. The molecule has 2 aliphatic rings. The lowest BCUT2D eigenvalue weighted by atomic mass is 10.1. The number of Topliss-reactive ketones (excluding diaryl/α,β-unsaturated/α-hetero) is 1. The highest BCUT2D eigenvalue weighted by Gasteiger charge is 2.29. The maximum Gasteiger partial charge on any atom is 0.277 e. The molecular formula is C17H18N2O6S2. The van der Waals surface area contributed by atoms with Crippen LogP contribution in [0.4, 0.5) is 0 Å². The number of fused-ring (bicyclic) bond motifs is 1. The quantitative estimate of drug-likeness (QED) is 0.520. The van der Waals surface area contributed by atoms with Crippen LogP contribution in [-0.4, -0.2) is 54.9 Å². The van der Waals surface area contributed by atoms with Gasteiger partial charge >= 0.3 is 0 Å². The zero-order valence-corrected chi connectivity index (χ0v) is 16.1. The second-order valence-electron chi connectivity index (χ2n) is 6.51. The van der Waals surface area contributed by atoms with Gasteiger partial charge in [0.05, 0.1) is 17.3 Å². The number of ether oxygens (including phenoxy) is 2. The van der Waals surface area contributed by atoms with Gasteiger partial charge in [-0.1, -0.05) is 11.8 Å². The molecule has 8 nitrogen and oxygen atoms in total. The molecule has 144 valence electrons. The van der Waals surface area contributed by atoms with Crippen LogP contribution >= 0.6 is 11.8 Å². The third kappa shape index (κ3) is 4.44. The van der Waals surface area contributed by atoms with Crippen LogP contribution in [0.3, 0.4) is 0 Å². The van der Waals surface area contributed by atoms with E-state index in [4.69, 9.17) is 13.9 Å². The zero-order valence-electron chi connectivity index (χ0n) is 14.4. The molecule has 0 amide bonds. The number of rotatable bonds is 6. The van der Waals surface area contributed by atoms with E-state index in [1.807, 2.05) is 0 Å². The molecule has 27 heavy (non-hydrogen) atoms. The van der Waals surface area contributed by atoms with Crippen molar-refractivity contribution in [2.45, 2.75) is 18.1 Å². The summed E-state index contributed by atoms with van der Waals surface area (Å²) in [7, 11) is -2.93. The average Bonchev–Trinajstić information content (AvgIpc) is 3.25. The molecular weight excluding hydrogens is 392 g/mol. The molecule has 0 unspecified atom stereocenters. The first kappa shape index (κ1) is 18.3.